The summed E-state index contributed by atoms with van der Waals surface area (Å²) in [5, 5.41) is 13.3. The van der Waals surface area contributed by atoms with Gasteiger partial charge in [-0.15, -0.1) is 0 Å². The van der Waals surface area contributed by atoms with Gasteiger partial charge in [-0.3, -0.25) is 0 Å². The Balaban J connectivity index is 1.09. The molecule has 0 saturated carbocycles. The molecule has 13 rings (SSSR count). The van der Waals surface area contributed by atoms with Crippen molar-refractivity contribution in [1.82, 2.24) is 8.80 Å². The van der Waals surface area contributed by atoms with Crippen LogP contribution in [0.2, 0.25) is 0 Å². The van der Waals surface area contributed by atoms with Crippen LogP contribution in [0.3, 0.4) is 0 Å². The number of nitrogens with zero attached hydrogens (tertiary/aromatic N) is 4. The number of aromatic nitrogens is 2. The van der Waals surface area contributed by atoms with Gasteiger partial charge in [-0.05, 0) is 113 Å². The van der Waals surface area contributed by atoms with Crippen LogP contribution < -0.4 is 30.9 Å². The second-order valence-corrected chi connectivity index (χ2v) is 18.2. The van der Waals surface area contributed by atoms with Crippen LogP contribution in [0.15, 0.2) is 145 Å². The lowest BCUT2D eigenvalue weighted by Crippen LogP contribution is -2.37. The lowest BCUT2D eigenvalue weighted by Gasteiger charge is -2.31. The van der Waals surface area contributed by atoms with Gasteiger partial charge in [0.05, 0.1) is 32.8 Å². The van der Waals surface area contributed by atoms with Crippen molar-refractivity contribution >= 4 is 95.0 Å². The molecule has 0 amide bonds. The third-order valence-electron chi connectivity index (χ3n) is 14.2. The second-order valence-electron chi connectivity index (χ2n) is 18.2. The van der Waals surface area contributed by atoms with Gasteiger partial charge in [0.15, 0.2) is 0 Å². The smallest absolute Gasteiger partial charge is 0.0621 e. The number of rotatable bonds is 6. The van der Waals surface area contributed by atoms with E-state index in [2.05, 4.69) is 198 Å². The molecule has 3 aliphatic carbocycles. The Labute approximate surface area is 360 Å². The maximum Gasteiger partial charge on any atom is 0.0621 e. The number of para-hydroxylation sites is 2. The summed E-state index contributed by atoms with van der Waals surface area (Å²) in [6.07, 6.45) is 17.2. The molecule has 1 unspecified atom stereocenters. The highest BCUT2D eigenvalue weighted by Crippen LogP contribution is 2.40. The van der Waals surface area contributed by atoms with Crippen LogP contribution in [0, 0.1) is 26.7 Å². The zero-order valence-electron chi connectivity index (χ0n) is 35.8. The average Bonchev–Trinajstić information content (AvgIpc) is 4.03. The van der Waals surface area contributed by atoms with E-state index in [-0.39, 0.29) is 0 Å². The molecule has 3 aliphatic rings. The number of allylic oxidation sites excluding steroid dienone is 3. The number of hydrogen-bond donors (Lipinski definition) is 0. The first-order valence-electron chi connectivity index (χ1n) is 22.5. The molecule has 6 aromatic carbocycles. The van der Waals surface area contributed by atoms with Crippen molar-refractivity contribution < 1.29 is 0 Å². The molecule has 4 heteroatoms. The quantitative estimate of drug-likeness (QED) is 0.166. The molecule has 0 N–H and O–H groups in total. The Morgan fingerprint density at radius 2 is 0.919 bits per heavy atom. The van der Waals surface area contributed by atoms with Gasteiger partial charge >= 0.3 is 0 Å². The number of anilines is 3. The Morgan fingerprint density at radius 3 is 1.37 bits per heavy atom. The molecule has 0 saturated heterocycles. The van der Waals surface area contributed by atoms with Crippen LogP contribution >= 0.6 is 0 Å². The molecule has 62 heavy (non-hydrogen) atoms. The molecule has 300 valence electrons. The van der Waals surface area contributed by atoms with E-state index in [4.69, 9.17) is 0 Å². The minimum atomic E-state index is 0.552. The van der Waals surface area contributed by atoms with E-state index in [0.29, 0.717) is 5.92 Å². The van der Waals surface area contributed by atoms with Crippen molar-refractivity contribution in [1.29, 1.82) is 0 Å². The van der Waals surface area contributed by atoms with E-state index in [0.717, 1.165) is 32.1 Å². The molecule has 1 atom stereocenters. The highest BCUT2D eigenvalue weighted by Gasteiger charge is 2.27. The molecule has 0 aliphatic heterocycles. The van der Waals surface area contributed by atoms with Crippen molar-refractivity contribution in [3.05, 3.63) is 183 Å². The Kier molecular flexibility index (Phi) is 7.62. The summed E-state index contributed by atoms with van der Waals surface area (Å²) >= 11 is 0. The summed E-state index contributed by atoms with van der Waals surface area (Å²) in [6, 6.07) is 46.3. The van der Waals surface area contributed by atoms with E-state index in [1.807, 2.05) is 0 Å². The van der Waals surface area contributed by atoms with Gasteiger partial charge in [-0.2, -0.15) is 0 Å². The molecule has 0 radical (unpaired) electrons. The van der Waals surface area contributed by atoms with E-state index < -0.39 is 0 Å². The fourth-order valence-corrected chi connectivity index (χ4v) is 11.3. The van der Waals surface area contributed by atoms with Gasteiger partial charge < -0.3 is 18.6 Å². The van der Waals surface area contributed by atoms with Crippen molar-refractivity contribution in [3.63, 3.8) is 0 Å². The molecule has 10 aromatic rings. The summed E-state index contributed by atoms with van der Waals surface area (Å²) in [7, 11) is 0. The number of fused-ring (bicyclic) bond motifs is 12. The standard InChI is InChI=1S/C58H48N4/c1-35-17-25-39(26-18-35)59(40-27-19-36(2)20-28-40)49-13-7-15-51-55(49)45-11-5-9-43-47-34-54-48(33-53(47)61(51)57(43)45)44-10-6-12-46-56-50(14-8-16-52(56)62(54)58(44)46)60(41-29-21-37(3)22-30-41)42-31-23-38(4)24-32-42/h5-6,9-12,15-23,25-34,38H,7-8,13-14,24H2,1-4H3. The number of hydrogen-bond acceptors (Lipinski definition) is 2. The van der Waals surface area contributed by atoms with E-state index in [1.165, 1.54) is 126 Å². The fraction of sp³-hybridized carbons (Fsp3) is 0.172. The molecule has 0 bridgehead atoms. The van der Waals surface area contributed by atoms with Gasteiger partial charge in [0.2, 0.25) is 0 Å². The summed E-state index contributed by atoms with van der Waals surface area (Å²) in [5.74, 6) is 0.552. The fourth-order valence-electron chi connectivity index (χ4n) is 11.3. The highest BCUT2D eigenvalue weighted by atomic mass is 15.2. The molecule has 4 nitrogen and oxygen atoms in total. The van der Waals surface area contributed by atoms with Gasteiger partial charge in [0.1, 0.15) is 0 Å². The van der Waals surface area contributed by atoms with E-state index in [9.17, 15) is 0 Å². The van der Waals surface area contributed by atoms with Crippen molar-refractivity contribution in [2.75, 3.05) is 9.80 Å². The van der Waals surface area contributed by atoms with Crippen LogP contribution in [0.5, 0.6) is 0 Å². The second kappa shape index (κ2) is 13.2. The average molecular weight is 801 g/mol. The summed E-state index contributed by atoms with van der Waals surface area (Å²) in [5.41, 5.74) is 16.7. The first kappa shape index (κ1) is 35.7. The van der Waals surface area contributed by atoms with Gasteiger partial charge in [0.25, 0.3) is 0 Å². The molecule has 4 aromatic heterocycles. The highest BCUT2D eigenvalue weighted by molar-refractivity contribution is 6.22. The molecular formula is C58H48N4. The zero-order chi connectivity index (χ0) is 41.4. The lowest BCUT2D eigenvalue weighted by atomic mass is 9.98. The number of benzene rings is 6. The molecule has 0 spiro atoms. The lowest BCUT2D eigenvalue weighted by molar-refractivity contribution is 0.728. The first-order chi connectivity index (χ1) is 30.4. The van der Waals surface area contributed by atoms with Gasteiger partial charge in [-0.1, -0.05) is 121 Å². The number of aryl methyl sites for hydroxylation is 3. The maximum atomic E-state index is 2.61. The van der Waals surface area contributed by atoms with Crippen LogP contribution in [-0.4, -0.2) is 8.80 Å². The summed E-state index contributed by atoms with van der Waals surface area (Å²) in [4.78, 5) is 5.08. The molecule has 0 fully saturated rings. The third-order valence-corrected chi connectivity index (χ3v) is 14.2. The van der Waals surface area contributed by atoms with Crippen LogP contribution in [0.4, 0.5) is 17.1 Å². The third kappa shape index (κ3) is 5.01. The molecule has 4 heterocycles. The Morgan fingerprint density at radius 1 is 0.484 bits per heavy atom. The van der Waals surface area contributed by atoms with E-state index in [1.54, 1.807) is 0 Å². The predicted molar refractivity (Wildman–Crippen MR) is 263 cm³/mol. The minimum Gasteiger partial charge on any atom is -0.314 e. The normalized spacial score (nSPS) is 16.5. The SMILES string of the molecule is Cc1ccc(N(C2=CCC(C)C=C2)C2=c3c(n4c5cc6c7cccc8c9c(n(c6cc5c5cccc3c54)c87)=CCCC=9N(c3ccc(C)cc3)c3ccc(C)cc3)=CCC2)cc1. The largest absolute Gasteiger partial charge is 0.314 e. The van der Waals surface area contributed by atoms with Crippen molar-refractivity contribution in [3.8, 4) is 0 Å². The van der Waals surface area contributed by atoms with Gasteiger partial charge in [-0.25, -0.2) is 0 Å². The Bertz CT molecular complexity index is 3750. The van der Waals surface area contributed by atoms with Crippen molar-refractivity contribution in [2.45, 2.75) is 59.8 Å². The minimum absolute atomic E-state index is 0.552. The zero-order valence-corrected chi connectivity index (χ0v) is 35.8. The van der Waals surface area contributed by atoms with E-state index >= 15 is 0 Å². The topological polar surface area (TPSA) is 15.3 Å². The maximum absolute atomic E-state index is 2.61. The van der Waals surface area contributed by atoms with Crippen LogP contribution in [-0.2, 0) is 0 Å². The first-order valence-corrected chi connectivity index (χ1v) is 22.5. The Hall–Kier alpha value is -7.04. The predicted octanol–water partition coefficient (Wildman–Crippen LogP) is 11.8. The van der Waals surface area contributed by atoms with Crippen LogP contribution in [0.25, 0.3) is 77.9 Å². The summed E-state index contributed by atoms with van der Waals surface area (Å²) in [6.45, 7) is 8.83. The van der Waals surface area contributed by atoms with Crippen LogP contribution in [0.1, 0.15) is 55.7 Å². The van der Waals surface area contributed by atoms with Gasteiger partial charge in [0, 0.05) is 76.9 Å². The molecular weight excluding hydrogens is 753 g/mol. The van der Waals surface area contributed by atoms with Crippen molar-refractivity contribution in [2.24, 2.45) is 5.92 Å². The monoisotopic (exact) mass is 800 g/mol. The summed E-state index contributed by atoms with van der Waals surface area (Å²) < 4.78 is 5.21.